The highest BCUT2D eigenvalue weighted by atomic mass is 32.2. The Bertz CT molecular complexity index is 1300. The van der Waals surface area contributed by atoms with Gasteiger partial charge in [0.2, 0.25) is 15.9 Å². The van der Waals surface area contributed by atoms with Crippen LogP contribution in [0.15, 0.2) is 52.7 Å². The maximum Gasteiger partial charge on any atom is 0.243 e. The molecule has 0 aliphatic carbocycles. The van der Waals surface area contributed by atoms with E-state index in [0.29, 0.717) is 49.2 Å². The molecule has 8 nitrogen and oxygen atoms in total. The molecular weight excluding hydrogens is 474 g/mol. The molecule has 2 aromatic carbocycles. The average molecular weight is 500 g/mol. The Morgan fingerprint density at radius 1 is 1.12 bits per heavy atom. The highest BCUT2D eigenvalue weighted by molar-refractivity contribution is 7.89. The summed E-state index contributed by atoms with van der Waals surface area (Å²) in [5.41, 5.74) is 2.59. The predicted molar refractivity (Wildman–Crippen MR) is 130 cm³/mol. The van der Waals surface area contributed by atoms with Crippen molar-refractivity contribution in [1.29, 1.82) is 0 Å². The standard InChI is InChI=1S/C24H25N3O5S2/c1-16-4-7-19(8-5-16)34(29,30)27-10-2-3-18(14-27)23(28)26-24-25-20(15-33-24)17-6-9-21-22(13-17)32-12-11-31-21/h4-9,13,15,18H,2-3,10-12,14H2,1H3,(H,25,26,28). The Hall–Kier alpha value is -2.95. The van der Waals surface area contributed by atoms with Gasteiger partial charge in [-0.15, -0.1) is 11.3 Å². The molecule has 1 aromatic heterocycles. The normalized spacial score (nSPS) is 18.4. The lowest BCUT2D eigenvalue weighted by Gasteiger charge is -2.31. The second-order valence-corrected chi connectivity index (χ2v) is 11.2. The number of hydrogen-bond acceptors (Lipinski definition) is 7. The molecule has 2 aliphatic heterocycles. The van der Waals surface area contributed by atoms with Crippen molar-refractivity contribution in [2.75, 3.05) is 31.6 Å². The van der Waals surface area contributed by atoms with E-state index in [9.17, 15) is 13.2 Å². The van der Waals surface area contributed by atoms with Crippen LogP contribution in [0.3, 0.4) is 0 Å². The van der Waals surface area contributed by atoms with Crippen LogP contribution >= 0.6 is 11.3 Å². The summed E-state index contributed by atoms with van der Waals surface area (Å²) >= 11 is 1.33. The Morgan fingerprint density at radius 3 is 2.68 bits per heavy atom. The molecule has 5 rings (SSSR count). The molecule has 0 spiro atoms. The number of nitrogens with zero attached hydrogens (tertiary/aromatic N) is 2. The summed E-state index contributed by atoms with van der Waals surface area (Å²) in [6.45, 7) is 3.51. The van der Waals surface area contributed by atoms with Gasteiger partial charge in [0.15, 0.2) is 16.6 Å². The van der Waals surface area contributed by atoms with Gasteiger partial charge in [0.1, 0.15) is 13.2 Å². The predicted octanol–water partition coefficient (Wildman–Crippen LogP) is 3.93. The second kappa shape index (κ2) is 9.36. The Labute approximate surface area is 202 Å². The largest absolute Gasteiger partial charge is 0.486 e. The van der Waals surface area contributed by atoms with Crippen molar-refractivity contribution in [3.05, 3.63) is 53.4 Å². The molecule has 3 aromatic rings. The van der Waals surface area contributed by atoms with E-state index in [1.165, 1.54) is 15.6 Å². The minimum Gasteiger partial charge on any atom is -0.486 e. The number of amides is 1. The van der Waals surface area contributed by atoms with E-state index in [4.69, 9.17) is 9.47 Å². The zero-order chi connectivity index (χ0) is 23.7. The molecule has 34 heavy (non-hydrogen) atoms. The van der Waals surface area contributed by atoms with Gasteiger partial charge in [0.25, 0.3) is 0 Å². The maximum absolute atomic E-state index is 13.1. The molecule has 10 heteroatoms. The highest BCUT2D eigenvalue weighted by Crippen LogP contribution is 2.35. The number of benzene rings is 2. The number of carbonyl (C=O) groups is 1. The van der Waals surface area contributed by atoms with Crippen molar-refractivity contribution >= 4 is 32.4 Å². The molecule has 1 amide bonds. The van der Waals surface area contributed by atoms with Gasteiger partial charge in [0, 0.05) is 24.0 Å². The fourth-order valence-electron chi connectivity index (χ4n) is 4.11. The maximum atomic E-state index is 13.1. The molecule has 1 saturated heterocycles. The fraction of sp³-hybridized carbons (Fsp3) is 0.333. The number of thiazole rings is 1. The Morgan fingerprint density at radius 2 is 1.88 bits per heavy atom. The molecule has 1 N–H and O–H groups in total. The van der Waals surface area contributed by atoms with E-state index in [0.717, 1.165) is 16.8 Å². The lowest BCUT2D eigenvalue weighted by Crippen LogP contribution is -2.43. The number of anilines is 1. The lowest BCUT2D eigenvalue weighted by molar-refractivity contribution is -0.120. The number of aryl methyl sites for hydroxylation is 1. The van der Waals surface area contributed by atoms with E-state index < -0.39 is 15.9 Å². The van der Waals surface area contributed by atoms with Gasteiger partial charge >= 0.3 is 0 Å². The van der Waals surface area contributed by atoms with Crippen LogP contribution in [0.1, 0.15) is 18.4 Å². The van der Waals surface area contributed by atoms with Gasteiger partial charge in [-0.1, -0.05) is 17.7 Å². The van der Waals surface area contributed by atoms with Crippen molar-refractivity contribution < 1.29 is 22.7 Å². The molecule has 0 saturated carbocycles. The van der Waals surface area contributed by atoms with Crippen LogP contribution in [0, 0.1) is 12.8 Å². The van der Waals surface area contributed by atoms with E-state index in [-0.39, 0.29) is 17.3 Å². The number of nitrogens with one attached hydrogen (secondary N) is 1. The number of sulfonamides is 1. The zero-order valence-electron chi connectivity index (χ0n) is 18.7. The minimum absolute atomic E-state index is 0.155. The summed E-state index contributed by atoms with van der Waals surface area (Å²) in [5, 5.41) is 5.23. The topological polar surface area (TPSA) is 97.8 Å². The molecular formula is C24H25N3O5S2. The van der Waals surface area contributed by atoms with Crippen molar-refractivity contribution in [3.63, 3.8) is 0 Å². The molecule has 1 atom stereocenters. The van der Waals surface area contributed by atoms with Crippen molar-refractivity contribution in [2.45, 2.75) is 24.7 Å². The number of hydrogen-bond donors (Lipinski definition) is 1. The average Bonchev–Trinajstić information content (AvgIpc) is 3.32. The number of carbonyl (C=O) groups excluding carboxylic acids is 1. The first kappa shape index (κ1) is 22.8. The molecule has 1 fully saturated rings. The van der Waals surface area contributed by atoms with Crippen LogP contribution in [-0.2, 0) is 14.8 Å². The molecule has 2 aliphatic rings. The van der Waals surface area contributed by atoms with Crippen molar-refractivity contribution in [1.82, 2.24) is 9.29 Å². The highest BCUT2D eigenvalue weighted by Gasteiger charge is 2.33. The van der Waals surface area contributed by atoms with E-state index in [1.807, 2.05) is 30.5 Å². The van der Waals surface area contributed by atoms with Crippen LogP contribution < -0.4 is 14.8 Å². The first-order valence-corrected chi connectivity index (χ1v) is 13.5. The molecule has 1 unspecified atom stereocenters. The first-order chi connectivity index (χ1) is 16.4. The second-order valence-electron chi connectivity index (χ2n) is 8.40. The minimum atomic E-state index is -3.64. The third kappa shape index (κ3) is 4.66. The van der Waals surface area contributed by atoms with E-state index in [2.05, 4.69) is 10.3 Å². The van der Waals surface area contributed by atoms with Gasteiger partial charge in [-0.25, -0.2) is 13.4 Å². The number of fused-ring (bicyclic) bond motifs is 1. The third-order valence-electron chi connectivity index (χ3n) is 5.99. The fourth-order valence-corrected chi connectivity index (χ4v) is 6.35. The van der Waals surface area contributed by atoms with Gasteiger partial charge in [0.05, 0.1) is 16.5 Å². The Balaban J connectivity index is 1.26. The summed E-state index contributed by atoms with van der Waals surface area (Å²) in [4.78, 5) is 17.8. The molecule has 3 heterocycles. The summed E-state index contributed by atoms with van der Waals surface area (Å²) in [7, 11) is -3.64. The van der Waals surface area contributed by atoms with Gasteiger partial charge in [-0.3, -0.25) is 4.79 Å². The van der Waals surface area contributed by atoms with Crippen molar-refractivity contribution in [3.8, 4) is 22.8 Å². The number of aromatic nitrogens is 1. The first-order valence-electron chi connectivity index (χ1n) is 11.1. The Kier molecular flexibility index (Phi) is 6.28. The molecule has 0 bridgehead atoms. The third-order valence-corrected chi connectivity index (χ3v) is 8.62. The van der Waals surface area contributed by atoms with Crippen molar-refractivity contribution in [2.24, 2.45) is 5.92 Å². The molecule has 0 radical (unpaired) electrons. The quantitative estimate of drug-likeness (QED) is 0.571. The van der Waals surface area contributed by atoms with Crippen LogP contribution in [0.2, 0.25) is 0 Å². The van der Waals surface area contributed by atoms with E-state index >= 15 is 0 Å². The van der Waals surface area contributed by atoms with Crippen LogP contribution in [0.25, 0.3) is 11.3 Å². The van der Waals surface area contributed by atoms with Gasteiger partial charge in [-0.05, 0) is 50.1 Å². The summed E-state index contributed by atoms with van der Waals surface area (Å²) < 4.78 is 38.7. The summed E-state index contributed by atoms with van der Waals surface area (Å²) in [5.74, 6) is 0.739. The monoisotopic (exact) mass is 499 g/mol. The zero-order valence-corrected chi connectivity index (χ0v) is 20.3. The summed E-state index contributed by atoms with van der Waals surface area (Å²) in [6.07, 6.45) is 1.26. The number of rotatable bonds is 5. The summed E-state index contributed by atoms with van der Waals surface area (Å²) in [6, 6.07) is 12.4. The SMILES string of the molecule is Cc1ccc(S(=O)(=O)N2CCCC(C(=O)Nc3nc(-c4ccc5c(c4)OCCO5)cs3)C2)cc1. The van der Waals surface area contributed by atoms with Gasteiger partial charge in [-0.2, -0.15) is 4.31 Å². The van der Waals surface area contributed by atoms with Crippen LogP contribution in [-0.4, -0.2) is 49.9 Å². The van der Waals surface area contributed by atoms with Gasteiger partial charge < -0.3 is 14.8 Å². The smallest absolute Gasteiger partial charge is 0.243 e. The number of piperidine rings is 1. The lowest BCUT2D eigenvalue weighted by atomic mass is 9.99. The van der Waals surface area contributed by atoms with Crippen LogP contribution in [0.4, 0.5) is 5.13 Å². The van der Waals surface area contributed by atoms with E-state index in [1.54, 1.807) is 24.3 Å². The van der Waals surface area contributed by atoms with Crippen LogP contribution in [0.5, 0.6) is 11.5 Å². The molecule has 178 valence electrons. The number of ether oxygens (including phenoxy) is 2.